The quantitative estimate of drug-likeness (QED) is 0.404. The van der Waals surface area contributed by atoms with E-state index in [-0.39, 0.29) is 17.7 Å². The van der Waals surface area contributed by atoms with Gasteiger partial charge in [0.1, 0.15) is 11.5 Å². The van der Waals surface area contributed by atoms with Crippen LogP contribution in [-0.4, -0.2) is 40.0 Å². The lowest BCUT2D eigenvalue weighted by Crippen LogP contribution is -2.21. The molecule has 7 rings (SSSR count). The standard InChI is InChI=1S/C31H32FN7/c32-26-8-4-3-7-23(26)25-17-35-18-28-29(25)37-31(36-28)30-24-12-21(9-10-27(24)38-39-30)22-11-20(15-34-16-22)14-33-13-19-5-1-2-6-19/h3-4,7-11,15-16,18-19,24-25,33,38H,1-2,5-6,12-14,17H2,(H,36,37). The molecule has 198 valence electrons. The third-order valence-corrected chi connectivity index (χ3v) is 8.42. The molecule has 4 aliphatic rings. The number of hydrogen-bond acceptors (Lipinski definition) is 6. The number of aliphatic imine (C=N–C) groups is 1. The summed E-state index contributed by atoms with van der Waals surface area (Å²) in [4.78, 5) is 17.4. The summed E-state index contributed by atoms with van der Waals surface area (Å²) in [6, 6.07) is 9.13. The molecular weight excluding hydrogens is 489 g/mol. The summed E-state index contributed by atoms with van der Waals surface area (Å²) in [5.74, 6) is 1.13. The molecule has 1 fully saturated rings. The fourth-order valence-corrected chi connectivity index (χ4v) is 6.32. The minimum atomic E-state index is -0.230. The lowest BCUT2D eigenvalue weighted by molar-refractivity contribution is 0.489. The van der Waals surface area contributed by atoms with Gasteiger partial charge in [-0.1, -0.05) is 37.1 Å². The van der Waals surface area contributed by atoms with Gasteiger partial charge in [0.05, 0.1) is 29.8 Å². The highest BCUT2D eigenvalue weighted by atomic mass is 19.1. The molecule has 3 aromatic rings. The molecular formula is C31H32FN7. The molecule has 1 saturated carbocycles. The lowest BCUT2D eigenvalue weighted by Gasteiger charge is -2.20. The number of hydrazone groups is 1. The minimum absolute atomic E-state index is 0.0607. The topological polar surface area (TPSA) is 90.4 Å². The van der Waals surface area contributed by atoms with Crippen molar-refractivity contribution in [3.8, 4) is 0 Å². The molecule has 0 bridgehead atoms. The van der Waals surface area contributed by atoms with Gasteiger partial charge in [-0.25, -0.2) is 9.37 Å². The number of hydrogen-bond donors (Lipinski definition) is 3. The summed E-state index contributed by atoms with van der Waals surface area (Å²) in [5.41, 5.74) is 11.0. The number of allylic oxidation sites excluding steroid dienone is 4. The molecule has 0 radical (unpaired) electrons. The second kappa shape index (κ2) is 10.3. The van der Waals surface area contributed by atoms with Gasteiger partial charge >= 0.3 is 0 Å². The Balaban J connectivity index is 1.08. The number of H-pyrrole nitrogens is 1. The van der Waals surface area contributed by atoms with Crippen LogP contribution in [0.2, 0.25) is 0 Å². The number of aromatic nitrogens is 3. The van der Waals surface area contributed by atoms with Crippen LogP contribution in [0.15, 0.2) is 70.7 Å². The normalized spacial score (nSPS) is 22.1. The van der Waals surface area contributed by atoms with Crippen molar-refractivity contribution in [3.63, 3.8) is 0 Å². The van der Waals surface area contributed by atoms with Crippen LogP contribution in [0, 0.1) is 17.7 Å². The summed E-state index contributed by atoms with van der Waals surface area (Å²) >= 11 is 0. The highest BCUT2D eigenvalue weighted by molar-refractivity contribution is 6.04. The van der Waals surface area contributed by atoms with E-state index in [0.29, 0.717) is 17.9 Å². The van der Waals surface area contributed by atoms with E-state index in [1.807, 2.05) is 24.5 Å². The predicted octanol–water partition coefficient (Wildman–Crippen LogP) is 5.08. The van der Waals surface area contributed by atoms with Gasteiger partial charge in [0.15, 0.2) is 5.82 Å². The van der Waals surface area contributed by atoms with Gasteiger partial charge in [-0.05, 0) is 72.2 Å². The molecule has 3 N–H and O–H groups in total. The van der Waals surface area contributed by atoms with E-state index in [0.717, 1.165) is 53.8 Å². The van der Waals surface area contributed by atoms with Crippen molar-refractivity contribution in [2.45, 2.75) is 44.6 Å². The van der Waals surface area contributed by atoms with Crippen molar-refractivity contribution >= 4 is 17.5 Å². The maximum Gasteiger partial charge on any atom is 0.155 e. The third kappa shape index (κ3) is 4.74. The molecule has 2 aliphatic carbocycles. The Morgan fingerprint density at radius 1 is 1.05 bits per heavy atom. The fourth-order valence-electron chi connectivity index (χ4n) is 6.32. The smallest absolute Gasteiger partial charge is 0.155 e. The first-order chi connectivity index (χ1) is 19.2. The van der Waals surface area contributed by atoms with Crippen LogP contribution in [0.4, 0.5) is 4.39 Å². The van der Waals surface area contributed by atoms with Gasteiger partial charge in [-0.15, -0.1) is 0 Å². The van der Waals surface area contributed by atoms with Gasteiger partial charge in [-0.2, -0.15) is 5.10 Å². The summed E-state index contributed by atoms with van der Waals surface area (Å²) in [5, 5.41) is 8.30. The predicted molar refractivity (Wildman–Crippen MR) is 151 cm³/mol. The lowest BCUT2D eigenvalue weighted by atomic mass is 9.85. The van der Waals surface area contributed by atoms with Crippen molar-refractivity contribution in [1.29, 1.82) is 0 Å². The summed E-state index contributed by atoms with van der Waals surface area (Å²) in [6.45, 7) is 2.40. The Hall–Kier alpha value is -3.91. The summed E-state index contributed by atoms with van der Waals surface area (Å²) in [7, 11) is 0. The Morgan fingerprint density at radius 3 is 2.85 bits per heavy atom. The van der Waals surface area contributed by atoms with Crippen LogP contribution in [0.5, 0.6) is 0 Å². The van der Waals surface area contributed by atoms with E-state index in [9.17, 15) is 4.39 Å². The van der Waals surface area contributed by atoms with Gasteiger partial charge in [0.25, 0.3) is 0 Å². The number of benzene rings is 1. The Morgan fingerprint density at radius 2 is 1.95 bits per heavy atom. The van der Waals surface area contributed by atoms with Crippen molar-refractivity contribution in [2.24, 2.45) is 21.9 Å². The molecule has 7 nitrogen and oxygen atoms in total. The maximum absolute atomic E-state index is 14.6. The SMILES string of the molecule is Fc1ccccc1C1CN=Cc2[nH]c(C3=NNC4=CC=C(c5cncc(CNCC6CCCC6)c5)CC43)nc21. The molecule has 39 heavy (non-hydrogen) atoms. The molecule has 2 atom stereocenters. The molecule has 4 heterocycles. The molecule has 8 heteroatoms. The second-order valence-corrected chi connectivity index (χ2v) is 11.0. The van der Waals surface area contributed by atoms with Crippen LogP contribution >= 0.6 is 0 Å². The Kier molecular flexibility index (Phi) is 6.40. The zero-order chi connectivity index (χ0) is 26.2. The van der Waals surface area contributed by atoms with Gasteiger partial charge < -0.3 is 10.3 Å². The molecule has 2 unspecified atom stereocenters. The number of aromatic amines is 1. The van der Waals surface area contributed by atoms with Crippen LogP contribution in [-0.2, 0) is 6.54 Å². The number of pyridine rings is 1. The number of fused-ring (bicyclic) bond motifs is 2. The van der Waals surface area contributed by atoms with Crippen LogP contribution < -0.4 is 10.7 Å². The average Bonchev–Trinajstić information content (AvgIpc) is 3.73. The van der Waals surface area contributed by atoms with Crippen LogP contribution in [0.1, 0.15) is 71.9 Å². The minimum Gasteiger partial charge on any atom is -0.336 e. The second-order valence-electron chi connectivity index (χ2n) is 11.0. The number of nitrogens with one attached hydrogen (secondary N) is 3. The monoisotopic (exact) mass is 521 g/mol. The number of imidazole rings is 1. The molecule has 1 aromatic carbocycles. The van der Waals surface area contributed by atoms with Crippen molar-refractivity contribution < 1.29 is 4.39 Å². The van der Waals surface area contributed by atoms with E-state index in [4.69, 9.17) is 4.98 Å². The number of halogens is 1. The van der Waals surface area contributed by atoms with Crippen LogP contribution in [0.25, 0.3) is 5.57 Å². The van der Waals surface area contributed by atoms with Crippen LogP contribution in [0.3, 0.4) is 0 Å². The third-order valence-electron chi connectivity index (χ3n) is 8.42. The first-order valence-corrected chi connectivity index (χ1v) is 14.0. The summed E-state index contributed by atoms with van der Waals surface area (Å²) < 4.78 is 14.6. The maximum atomic E-state index is 14.6. The largest absolute Gasteiger partial charge is 0.336 e. The molecule has 0 amide bonds. The highest BCUT2D eigenvalue weighted by Gasteiger charge is 2.34. The first-order valence-electron chi connectivity index (χ1n) is 14.0. The molecule has 2 aromatic heterocycles. The van der Waals surface area contributed by atoms with Crippen molar-refractivity contribution in [3.05, 3.63) is 100 Å². The fraction of sp³-hybridized carbons (Fsp3) is 0.355. The van der Waals surface area contributed by atoms with Crippen molar-refractivity contribution in [1.82, 2.24) is 25.7 Å². The van der Waals surface area contributed by atoms with Gasteiger partial charge in [0.2, 0.25) is 0 Å². The molecule has 0 spiro atoms. The summed E-state index contributed by atoms with van der Waals surface area (Å²) in [6.07, 6.45) is 16.2. The highest BCUT2D eigenvalue weighted by Crippen LogP contribution is 2.36. The zero-order valence-electron chi connectivity index (χ0n) is 21.8. The zero-order valence-corrected chi connectivity index (χ0v) is 21.8. The van der Waals surface area contributed by atoms with E-state index in [1.165, 1.54) is 42.9 Å². The van der Waals surface area contributed by atoms with E-state index in [1.54, 1.807) is 12.3 Å². The average molecular weight is 522 g/mol. The van der Waals surface area contributed by atoms with E-state index < -0.39 is 0 Å². The molecule has 2 aliphatic heterocycles. The Bertz CT molecular complexity index is 1510. The van der Waals surface area contributed by atoms with E-state index in [2.05, 4.69) is 49.0 Å². The molecule has 0 saturated heterocycles. The van der Waals surface area contributed by atoms with Crippen molar-refractivity contribution in [2.75, 3.05) is 13.1 Å². The van der Waals surface area contributed by atoms with E-state index >= 15 is 0 Å². The van der Waals surface area contributed by atoms with Gasteiger partial charge in [-0.3, -0.25) is 15.4 Å². The number of rotatable bonds is 7. The number of nitrogens with zero attached hydrogens (tertiary/aromatic N) is 4. The first kappa shape index (κ1) is 24.2. The Labute approximate surface area is 227 Å². The van der Waals surface area contributed by atoms with Gasteiger partial charge in [0, 0.05) is 30.9 Å².